The number of rotatable bonds is 6. The molecule has 31 heavy (non-hydrogen) atoms. The summed E-state index contributed by atoms with van der Waals surface area (Å²) >= 11 is 0. The summed E-state index contributed by atoms with van der Waals surface area (Å²) in [7, 11) is 1.72. The third kappa shape index (κ3) is 5.85. The molecule has 1 aromatic carbocycles. The smallest absolute Gasteiger partial charge is 0.225 e. The molecule has 0 spiro atoms. The molecule has 5 heteroatoms. The molecule has 0 aliphatic carbocycles. The SMILES string of the molecule is COc1cc(C)c(CN2CCC(C(NC(=O)C(C)(C)C)c3ccccn3)CC2)cc1C. The van der Waals surface area contributed by atoms with Gasteiger partial charge in [0.15, 0.2) is 0 Å². The molecular formula is C26H37N3O2. The molecule has 5 nitrogen and oxygen atoms in total. The standard InChI is InChI=1S/C26H37N3O2/c1-18-16-23(31-6)19(2)15-21(18)17-29-13-10-20(11-14-29)24(22-9-7-8-12-27-22)28-25(30)26(3,4)5/h7-9,12,15-16,20,24H,10-11,13-14,17H2,1-6H3,(H,28,30). The number of piperidine rings is 1. The number of nitrogens with zero attached hydrogens (tertiary/aromatic N) is 2. The number of pyridine rings is 1. The first-order valence-corrected chi connectivity index (χ1v) is 11.3. The third-order valence-corrected chi connectivity index (χ3v) is 6.33. The maximum atomic E-state index is 12.8. The van der Waals surface area contributed by atoms with E-state index in [2.05, 4.69) is 41.2 Å². The van der Waals surface area contributed by atoms with E-state index < -0.39 is 5.41 Å². The molecule has 1 saturated heterocycles. The maximum Gasteiger partial charge on any atom is 0.225 e. The van der Waals surface area contributed by atoms with Crippen LogP contribution in [-0.4, -0.2) is 36.0 Å². The van der Waals surface area contributed by atoms with Crippen LogP contribution in [0.15, 0.2) is 36.5 Å². The van der Waals surface area contributed by atoms with E-state index in [0.717, 1.165) is 43.9 Å². The van der Waals surface area contributed by atoms with Gasteiger partial charge in [0.05, 0.1) is 18.8 Å². The van der Waals surface area contributed by atoms with Crippen molar-refractivity contribution in [3.8, 4) is 5.75 Å². The second kappa shape index (κ2) is 9.82. The van der Waals surface area contributed by atoms with Crippen LogP contribution in [0.4, 0.5) is 0 Å². The van der Waals surface area contributed by atoms with Gasteiger partial charge in [0.2, 0.25) is 5.91 Å². The van der Waals surface area contributed by atoms with Crippen LogP contribution in [-0.2, 0) is 11.3 Å². The molecule has 0 radical (unpaired) electrons. The summed E-state index contributed by atoms with van der Waals surface area (Å²) in [4.78, 5) is 19.9. The summed E-state index contributed by atoms with van der Waals surface area (Å²) in [5.41, 5.74) is 4.35. The quantitative estimate of drug-likeness (QED) is 0.724. The summed E-state index contributed by atoms with van der Waals surface area (Å²) in [5.74, 6) is 1.42. The Morgan fingerprint density at radius 2 is 1.90 bits per heavy atom. The zero-order valence-corrected chi connectivity index (χ0v) is 19.9. The molecule has 2 aromatic rings. The average molecular weight is 424 g/mol. The van der Waals surface area contributed by atoms with E-state index in [1.807, 2.05) is 45.2 Å². The van der Waals surface area contributed by atoms with Crippen LogP contribution in [0.3, 0.4) is 0 Å². The molecule has 1 fully saturated rings. The molecule has 1 aliphatic heterocycles. The Hall–Kier alpha value is -2.40. The van der Waals surface area contributed by atoms with E-state index in [9.17, 15) is 4.79 Å². The van der Waals surface area contributed by atoms with Gasteiger partial charge in [0.25, 0.3) is 0 Å². The molecule has 0 saturated carbocycles. The fourth-order valence-electron chi connectivity index (χ4n) is 4.28. The third-order valence-electron chi connectivity index (χ3n) is 6.33. The van der Waals surface area contributed by atoms with Crippen molar-refractivity contribution in [1.29, 1.82) is 0 Å². The van der Waals surface area contributed by atoms with Crippen LogP contribution in [0.1, 0.15) is 62.0 Å². The Morgan fingerprint density at radius 1 is 1.19 bits per heavy atom. The molecule has 1 amide bonds. The fraction of sp³-hybridized carbons (Fsp3) is 0.538. The lowest BCUT2D eigenvalue weighted by Gasteiger charge is -2.37. The minimum Gasteiger partial charge on any atom is -0.496 e. The molecule has 168 valence electrons. The highest BCUT2D eigenvalue weighted by Crippen LogP contribution is 2.32. The first kappa shape index (κ1) is 23.3. The largest absolute Gasteiger partial charge is 0.496 e. The van der Waals surface area contributed by atoms with Crippen molar-refractivity contribution in [1.82, 2.24) is 15.2 Å². The Kier molecular flexibility index (Phi) is 7.37. The number of amides is 1. The summed E-state index contributed by atoms with van der Waals surface area (Å²) in [6, 6.07) is 10.3. The van der Waals surface area contributed by atoms with Crippen molar-refractivity contribution in [3.63, 3.8) is 0 Å². The number of carbonyl (C=O) groups excluding carboxylic acids is 1. The maximum absolute atomic E-state index is 12.8. The number of nitrogens with one attached hydrogen (secondary N) is 1. The van der Waals surface area contributed by atoms with E-state index in [1.54, 1.807) is 7.11 Å². The van der Waals surface area contributed by atoms with E-state index in [1.165, 1.54) is 16.7 Å². The van der Waals surface area contributed by atoms with Crippen molar-refractivity contribution in [2.24, 2.45) is 11.3 Å². The summed E-state index contributed by atoms with van der Waals surface area (Å²) in [5, 5.41) is 3.30. The number of aryl methyl sites for hydroxylation is 2. The Morgan fingerprint density at radius 3 is 2.48 bits per heavy atom. The van der Waals surface area contributed by atoms with Crippen LogP contribution < -0.4 is 10.1 Å². The van der Waals surface area contributed by atoms with E-state index in [0.29, 0.717) is 5.92 Å². The zero-order valence-electron chi connectivity index (χ0n) is 19.9. The molecule has 2 heterocycles. The highest BCUT2D eigenvalue weighted by molar-refractivity contribution is 5.81. The number of likely N-dealkylation sites (tertiary alicyclic amines) is 1. The minimum atomic E-state index is -0.419. The second-order valence-corrected chi connectivity index (χ2v) is 9.82. The van der Waals surface area contributed by atoms with Crippen molar-refractivity contribution in [2.75, 3.05) is 20.2 Å². The lowest BCUT2D eigenvalue weighted by atomic mass is 9.85. The molecular weight excluding hydrogens is 386 g/mol. The molecule has 1 atom stereocenters. The van der Waals surface area contributed by atoms with Gasteiger partial charge in [-0.25, -0.2) is 0 Å². The lowest BCUT2D eigenvalue weighted by Crippen LogP contribution is -2.44. The predicted octanol–water partition coefficient (Wildman–Crippen LogP) is 4.82. The van der Waals surface area contributed by atoms with Gasteiger partial charge < -0.3 is 10.1 Å². The average Bonchev–Trinajstić information content (AvgIpc) is 2.74. The van der Waals surface area contributed by atoms with Crippen LogP contribution >= 0.6 is 0 Å². The first-order valence-electron chi connectivity index (χ1n) is 11.3. The van der Waals surface area contributed by atoms with Crippen LogP contribution in [0.25, 0.3) is 0 Å². The van der Waals surface area contributed by atoms with Gasteiger partial charge >= 0.3 is 0 Å². The summed E-state index contributed by atoms with van der Waals surface area (Å²) in [6.07, 6.45) is 3.90. The van der Waals surface area contributed by atoms with Crippen molar-refractivity contribution in [2.45, 2.75) is 60.0 Å². The molecule has 1 aliphatic rings. The van der Waals surface area contributed by atoms with Gasteiger partial charge in [-0.05, 0) is 80.6 Å². The number of carbonyl (C=O) groups is 1. The molecule has 1 N–H and O–H groups in total. The van der Waals surface area contributed by atoms with Crippen LogP contribution in [0, 0.1) is 25.2 Å². The molecule has 0 bridgehead atoms. The van der Waals surface area contributed by atoms with Gasteiger partial charge in [0, 0.05) is 18.2 Å². The number of methoxy groups -OCH3 is 1. The Balaban J connectivity index is 1.68. The number of aromatic nitrogens is 1. The Labute approximate surface area is 187 Å². The van der Waals surface area contributed by atoms with Gasteiger partial charge in [-0.1, -0.05) is 32.9 Å². The van der Waals surface area contributed by atoms with Gasteiger partial charge in [-0.2, -0.15) is 0 Å². The van der Waals surface area contributed by atoms with Crippen molar-refractivity contribution < 1.29 is 9.53 Å². The summed E-state index contributed by atoms with van der Waals surface area (Å²) in [6.45, 7) is 13.1. The number of ether oxygens (including phenoxy) is 1. The molecule has 3 rings (SSSR count). The highest BCUT2D eigenvalue weighted by Gasteiger charge is 2.32. The molecule has 1 aromatic heterocycles. The normalized spacial score (nSPS) is 16.7. The fourth-order valence-corrected chi connectivity index (χ4v) is 4.28. The number of hydrogen-bond donors (Lipinski definition) is 1. The number of hydrogen-bond acceptors (Lipinski definition) is 4. The monoisotopic (exact) mass is 423 g/mol. The van der Waals surface area contributed by atoms with Crippen LogP contribution in [0.2, 0.25) is 0 Å². The first-order chi connectivity index (χ1) is 14.7. The predicted molar refractivity (Wildman–Crippen MR) is 125 cm³/mol. The van der Waals surface area contributed by atoms with Crippen LogP contribution in [0.5, 0.6) is 5.75 Å². The zero-order chi connectivity index (χ0) is 22.6. The number of benzene rings is 1. The summed E-state index contributed by atoms with van der Waals surface area (Å²) < 4.78 is 5.45. The second-order valence-electron chi connectivity index (χ2n) is 9.82. The topological polar surface area (TPSA) is 54.5 Å². The van der Waals surface area contributed by atoms with Crippen molar-refractivity contribution >= 4 is 5.91 Å². The minimum absolute atomic E-state index is 0.0416. The van der Waals surface area contributed by atoms with E-state index in [4.69, 9.17) is 4.74 Å². The van der Waals surface area contributed by atoms with Crippen molar-refractivity contribution in [3.05, 3.63) is 58.9 Å². The Bertz CT molecular complexity index is 882. The van der Waals surface area contributed by atoms with E-state index >= 15 is 0 Å². The van der Waals surface area contributed by atoms with Gasteiger partial charge in [-0.3, -0.25) is 14.7 Å². The van der Waals surface area contributed by atoms with E-state index in [-0.39, 0.29) is 11.9 Å². The van der Waals surface area contributed by atoms with Gasteiger partial charge in [0.1, 0.15) is 5.75 Å². The molecule has 1 unspecified atom stereocenters. The highest BCUT2D eigenvalue weighted by atomic mass is 16.5. The van der Waals surface area contributed by atoms with Gasteiger partial charge in [-0.15, -0.1) is 0 Å². The lowest BCUT2D eigenvalue weighted by molar-refractivity contribution is -0.129.